The maximum Gasteiger partial charge on any atom is 0.262 e. The molecule has 3 heterocycles. The fourth-order valence-corrected chi connectivity index (χ4v) is 4.58. The summed E-state index contributed by atoms with van der Waals surface area (Å²) in [6.07, 6.45) is 2.05. The monoisotopic (exact) mass is 414 g/mol. The van der Waals surface area contributed by atoms with Crippen LogP contribution in [0.5, 0.6) is 0 Å². The first kappa shape index (κ1) is 20.1. The molecule has 154 valence electrons. The van der Waals surface area contributed by atoms with Gasteiger partial charge in [-0.3, -0.25) is 9.59 Å². The Kier molecular flexibility index (Phi) is 6.59. The van der Waals surface area contributed by atoms with Gasteiger partial charge in [0.2, 0.25) is 5.91 Å². The molecule has 1 atom stereocenters. The molecule has 29 heavy (non-hydrogen) atoms. The predicted molar refractivity (Wildman–Crippen MR) is 111 cm³/mol. The second-order valence-corrected chi connectivity index (χ2v) is 8.41. The number of ether oxygens (including phenoxy) is 2. The minimum Gasteiger partial charge on any atom is -0.350 e. The van der Waals surface area contributed by atoms with Gasteiger partial charge in [0, 0.05) is 25.4 Å². The number of hydrogen-bond acceptors (Lipinski definition) is 5. The van der Waals surface area contributed by atoms with Gasteiger partial charge in [0.1, 0.15) is 6.04 Å². The highest BCUT2D eigenvalue weighted by molar-refractivity contribution is 7.12. The van der Waals surface area contributed by atoms with Crippen LogP contribution in [-0.2, 0) is 20.7 Å². The molecule has 0 spiro atoms. The molecule has 2 aliphatic heterocycles. The largest absolute Gasteiger partial charge is 0.350 e. The number of piperidine rings is 1. The second-order valence-electron chi connectivity index (χ2n) is 7.47. The minimum atomic E-state index is -0.581. The van der Waals surface area contributed by atoms with Gasteiger partial charge >= 0.3 is 0 Å². The van der Waals surface area contributed by atoms with Gasteiger partial charge in [-0.05, 0) is 29.9 Å². The molecule has 2 saturated heterocycles. The van der Waals surface area contributed by atoms with Gasteiger partial charge in [0.25, 0.3) is 5.91 Å². The van der Waals surface area contributed by atoms with Crippen LogP contribution in [0.3, 0.4) is 0 Å². The molecule has 1 unspecified atom stereocenters. The normalized spacial score (nSPS) is 19.2. The molecule has 2 fully saturated rings. The number of thiophene rings is 1. The molecule has 2 aromatic rings. The molecule has 7 heteroatoms. The zero-order valence-corrected chi connectivity index (χ0v) is 17.1. The first-order valence-electron chi connectivity index (χ1n) is 10.1. The van der Waals surface area contributed by atoms with Crippen LogP contribution >= 0.6 is 11.3 Å². The van der Waals surface area contributed by atoms with Crippen molar-refractivity contribution in [3.05, 3.63) is 58.3 Å². The second kappa shape index (κ2) is 9.52. The summed E-state index contributed by atoms with van der Waals surface area (Å²) in [4.78, 5) is 28.4. The van der Waals surface area contributed by atoms with Gasteiger partial charge < -0.3 is 19.7 Å². The Balaban J connectivity index is 1.42. The third-order valence-electron chi connectivity index (χ3n) is 5.51. The van der Waals surface area contributed by atoms with E-state index in [9.17, 15) is 9.59 Å². The number of carbonyl (C=O) groups is 2. The SMILES string of the molecule is O=C(NC(Cc1ccccc1)C(=O)N1CCC(C2OCCO2)CC1)c1cccs1. The summed E-state index contributed by atoms with van der Waals surface area (Å²) in [6, 6.07) is 12.8. The first-order chi connectivity index (χ1) is 14.2. The minimum absolute atomic E-state index is 0.0227. The summed E-state index contributed by atoms with van der Waals surface area (Å²) >= 11 is 1.38. The van der Waals surface area contributed by atoms with Crippen molar-refractivity contribution in [3.63, 3.8) is 0 Å². The quantitative estimate of drug-likeness (QED) is 0.789. The lowest BCUT2D eigenvalue weighted by Crippen LogP contribution is -2.52. The van der Waals surface area contributed by atoms with E-state index in [1.54, 1.807) is 6.07 Å². The van der Waals surface area contributed by atoms with Crippen LogP contribution in [0, 0.1) is 5.92 Å². The summed E-state index contributed by atoms with van der Waals surface area (Å²) in [7, 11) is 0. The van der Waals surface area contributed by atoms with Gasteiger partial charge in [-0.25, -0.2) is 0 Å². The maximum absolute atomic E-state index is 13.3. The van der Waals surface area contributed by atoms with Crippen molar-refractivity contribution >= 4 is 23.2 Å². The van der Waals surface area contributed by atoms with E-state index in [0.717, 1.165) is 18.4 Å². The van der Waals surface area contributed by atoms with Crippen molar-refractivity contribution in [1.29, 1.82) is 0 Å². The summed E-state index contributed by atoms with van der Waals surface area (Å²) in [5, 5.41) is 4.82. The van der Waals surface area contributed by atoms with Crippen LogP contribution in [0.2, 0.25) is 0 Å². The third-order valence-corrected chi connectivity index (χ3v) is 6.38. The molecular formula is C22H26N2O4S. The Morgan fingerprint density at radius 1 is 1.07 bits per heavy atom. The number of likely N-dealkylation sites (tertiary alicyclic amines) is 1. The van der Waals surface area contributed by atoms with Crippen molar-refractivity contribution in [2.75, 3.05) is 26.3 Å². The molecule has 0 saturated carbocycles. The highest BCUT2D eigenvalue weighted by atomic mass is 32.1. The lowest BCUT2D eigenvalue weighted by Gasteiger charge is -2.35. The van der Waals surface area contributed by atoms with Gasteiger partial charge in [0.15, 0.2) is 6.29 Å². The molecular weight excluding hydrogens is 388 g/mol. The van der Waals surface area contributed by atoms with Crippen molar-refractivity contribution in [2.45, 2.75) is 31.6 Å². The van der Waals surface area contributed by atoms with E-state index in [2.05, 4.69) is 5.32 Å². The molecule has 6 nitrogen and oxygen atoms in total. The average Bonchev–Trinajstić information content (AvgIpc) is 3.48. The molecule has 1 N–H and O–H groups in total. The summed E-state index contributed by atoms with van der Waals surface area (Å²) < 4.78 is 11.3. The van der Waals surface area contributed by atoms with E-state index in [-0.39, 0.29) is 18.1 Å². The van der Waals surface area contributed by atoms with E-state index < -0.39 is 6.04 Å². The standard InChI is InChI=1S/C22H26N2O4S/c25-20(19-7-4-14-29-19)23-18(15-16-5-2-1-3-6-16)21(26)24-10-8-17(9-11-24)22-27-12-13-28-22/h1-7,14,17-18,22H,8-13,15H2,(H,23,25). The fourth-order valence-electron chi connectivity index (χ4n) is 3.95. The summed E-state index contributed by atoms with van der Waals surface area (Å²) in [6.45, 7) is 2.62. The Morgan fingerprint density at radius 3 is 2.45 bits per heavy atom. The highest BCUT2D eigenvalue weighted by Gasteiger charge is 2.34. The van der Waals surface area contributed by atoms with Crippen LogP contribution in [0.4, 0.5) is 0 Å². The van der Waals surface area contributed by atoms with Gasteiger partial charge in [-0.15, -0.1) is 11.3 Å². The van der Waals surface area contributed by atoms with Gasteiger partial charge in [-0.1, -0.05) is 36.4 Å². The van der Waals surface area contributed by atoms with E-state index in [1.165, 1.54) is 11.3 Å². The van der Waals surface area contributed by atoms with Crippen molar-refractivity contribution in [3.8, 4) is 0 Å². The number of nitrogens with one attached hydrogen (secondary N) is 1. The number of amides is 2. The van der Waals surface area contributed by atoms with Crippen molar-refractivity contribution in [2.24, 2.45) is 5.92 Å². The van der Waals surface area contributed by atoms with Crippen LogP contribution < -0.4 is 5.32 Å². The number of rotatable bonds is 6. The smallest absolute Gasteiger partial charge is 0.262 e. The topological polar surface area (TPSA) is 67.9 Å². The lowest BCUT2D eigenvalue weighted by atomic mass is 9.95. The average molecular weight is 415 g/mol. The molecule has 2 aliphatic rings. The van der Waals surface area contributed by atoms with Crippen molar-refractivity contribution in [1.82, 2.24) is 10.2 Å². The number of nitrogens with zero attached hydrogens (tertiary/aromatic N) is 1. The molecule has 2 amide bonds. The molecule has 4 rings (SSSR count). The Labute approximate surface area is 174 Å². The molecule has 1 aromatic heterocycles. The van der Waals surface area contributed by atoms with Crippen LogP contribution in [0.15, 0.2) is 47.8 Å². The predicted octanol–water partition coefficient (Wildman–Crippen LogP) is 2.70. The number of hydrogen-bond donors (Lipinski definition) is 1. The van der Waals surface area contributed by atoms with Crippen LogP contribution in [0.1, 0.15) is 28.1 Å². The third kappa shape index (κ3) is 5.04. The van der Waals surface area contributed by atoms with E-state index in [1.807, 2.05) is 46.7 Å². The molecule has 0 radical (unpaired) electrons. The Morgan fingerprint density at radius 2 is 1.79 bits per heavy atom. The number of benzene rings is 1. The lowest BCUT2D eigenvalue weighted by molar-refractivity contribution is -0.138. The maximum atomic E-state index is 13.3. The zero-order valence-electron chi connectivity index (χ0n) is 16.3. The van der Waals surface area contributed by atoms with Crippen LogP contribution in [0.25, 0.3) is 0 Å². The van der Waals surface area contributed by atoms with Gasteiger partial charge in [0.05, 0.1) is 18.1 Å². The van der Waals surface area contributed by atoms with Crippen molar-refractivity contribution < 1.29 is 19.1 Å². The van der Waals surface area contributed by atoms with E-state index in [0.29, 0.717) is 43.5 Å². The highest BCUT2D eigenvalue weighted by Crippen LogP contribution is 2.26. The summed E-state index contributed by atoms with van der Waals surface area (Å²) in [5.74, 6) is 0.109. The summed E-state index contributed by atoms with van der Waals surface area (Å²) in [5.41, 5.74) is 1.03. The molecule has 1 aromatic carbocycles. The van der Waals surface area contributed by atoms with E-state index in [4.69, 9.17) is 9.47 Å². The number of carbonyl (C=O) groups excluding carboxylic acids is 2. The van der Waals surface area contributed by atoms with E-state index >= 15 is 0 Å². The Hall–Kier alpha value is -2.22. The van der Waals surface area contributed by atoms with Crippen LogP contribution in [-0.4, -0.2) is 55.3 Å². The van der Waals surface area contributed by atoms with Gasteiger partial charge in [-0.2, -0.15) is 0 Å². The molecule has 0 aliphatic carbocycles. The fraction of sp³-hybridized carbons (Fsp3) is 0.455. The molecule has 0 bridgehead atoms. The Bertz CT molecular complexity index is 797. The zero-order chi connectivity index (χ0) is 20.1. The first-order valence-corrected chi connectivity index (χ1v) is 11.0.